The predicted molar refractivity (Wildman–Crippen MR) is 148 cm³/mol. The number of anilines is 3. The summed E-state index contributed by atoms with van der Waals surface area (Å²) in [5, 5.41) is 17.3. The molecule has 3 heterocycles. The van der Waals surface area contributed by atoms with Crippen molar-refractivity contribution in [3.63, 3.8) is 0 Å². The van der Waals surface area contributed by atoms with Crippen molar-refractivity contribution in [1.82, 2.24) is 15.3 Å². The second-order valence-electron chi connectivity index (χ2n) is 10.1. The molecule has 1 aliphatic heterocycles. The first-order valence-corrected chi connectivity index (χ1v) is 13.0. The SMILES string of the molecule is CNC1CCN(c2ccc(Nc3c(C4(C=O)CC4)cnc4ccc(-c5cc(F)c(O)c(Cl)c5)cc34)cn2)C1. The Morgan fingerprint density at radius 3 is 2.63 bits per heavy atom. The van der Waals surface area contributed by atoms with Gasteiger partial charge in [0.2, 0.25) is 0 Å². The van der Waals surface area contributed by atoms with Gasteiger partial charge in [-0.3, -0.25) is 4.98 Å². The van der Waals surface area contributed by atoms with Crippen molar-refractivity contribution in [3.05, 3.63) is 71.3 Å². The van der Waals surface area contributed by atoms with Crippen LogP contribution in [-0.2, 0) is 10.2 Å². The van der Waals surface area contributed by atoms with Crippen LogP contribution in [0, 0.1) is 5.82 Å². The molecular weight excluding hydrogens is 505 g/mol. The first kappa shape index (κ1) is 24.6. The molecule has 1 saturated heterocycles. The van der Waals surface area contributed by atoms with Gasteiger partial charge < -0.3 is 25.4 Å². The number of halogens is 2. The Labute approximate surface area is 224 Å². The van der Waals surface area contributed by atoms with Crippen molar-refractivity contribution >= 4 is 46.0 Å². The molecule has 9 heteroatoms. The molecule has 0 spiro atoms. The van der Waals surface area contributed by atoms with E-state index in [9.17, 15) is 14.3 Å². The van der Waals surface area contributed by atoms with E-state index in [1.165, 1.54) is 12.1 Å². The van der Waals surface area contributed by atoms with Crippen molar-refractivity contribution in [2.75, 3.05) is 30.4 Å². The zero-order chi connectivity index (χ0) is 26.4. The summed E-state index contributed by atoms with van der Waals surface area (Å²) >= 11 is 6.05. The lowest BCUT2D eigenvalue weighted by atomic mass is 9.94. The van der Waals surface area contributed by atoms with Crippen LogP contribution in [0.25, 0.3) is 22.0 Å². The number of aromatic hydroxyl groups is 1. The lowest BCUT2D eigenvalue weighted by molar-refractivity contribution is -0.109. The molecule has 1 aliphatic carbocycles. The lowest BCUT2D eigenvalue weighted by Gasteiger charge is -2.20. The summed E-state index contributed by atoms with van der Waals surface area (Å²) in [5.74, 6) is -0.440. The van der Waals surface area contributed by atoms with E-state index in [2.05, 4.69) is 20.5 Å². The Morgan fingerprint density at radius 2 is 1.97 bits per heavy atom. The molecule has 0 bridgehead atoms. The number of hydrogen-bond donors (Lipinski definition) is 3. The molecule has 1 saturated carbocycles. The third-order valence-electron chi connectivity index (χ3n) is 7.71. The normalized spacial score (nSPS) is 18.1. The van der Waals surface area contributed by atoms with E-state index in [0.717, 1.165) is 72.3 Å². The van der Waals surface area contributed by atoms with Gasteiger partial charge in [0, 0.05) is 36.3 Å². The van der Waals surface area contributed by atoms with Crippen molar-refractivity contribution in [2.45, 2.75) is 30.7 Å². The number of pyridine rings is 2. The van der Waals surface area contributed by atoms with Gasteiger partial charge in [0.25, 0.3) is 0 Å². The van der Waals surface area contributed by atoms with Crippen LogP contribution in [-0.4, -0.2) is 47.5 Å². The van der Waals surface area contributed by atoms with Crippen LogP contribution in [0.1, 0.15) is 24.8 Å². The van der Waals surface area contributed by atoms with Crippen LogP contribution >= 0.6 is 11.6 Å². The Hall–Kier alpha value is -3.75. The molecule has 6 rings (SSSR count). The number of likely N-dealkylation sites (N-methyl/N-ethyl adjacent to an activating group) is 1. The van der Waals surface area contributed by atoms with Crippen molar-refractivity contribution < 1.29 is 14.3 Å². The lowest BCUT2D eigenvalue weighted by Crippen LogP contribution is -2.29. The number of phenols is 1. The first-order valence-electron chi connectivity index (χ1n) is 12.6. The van der Waals surface area contributed by atoms with Crippen molar-refractivity contribution in [1.29, 1.82) is 0 Å². The summed E-state index contributed by atoms with van der Waals surface area (Å²) in [6.45, 7) is 1.87. The second kappa shape index (κ2) is 9.53. The zero-order valence-corrected chi connectivity index (χ0v) is 21.6. The molecule has 0 radical (unpaired) electrons. The maximum Gasteiger partial charge on any atom is 0.170 e. The average Bonchev–Trinajstić information content (AvgIpc) is 3.59. The van der Waals surface area contributed by atoms with Gasteiger partial charge in [-0.2, -0.15) is 0 Å². The number of hydrogen-bond acceptors (Lipinski definition) is 7. The average molecular weight is 532 g/mol. The zero-order valence-electron chi connectivity index (χ0n) is 20.8. The number of nitrogens with zero attached hydrogens (tertiary/aromatic N) is 3. The molecule has 3 N–H and O–H groups in total. The van der Waals surface area contributed by atoms with Gasteiger partial charge in [-0.15, -0.1) is 0 Å². The fourth-order valence-corrected chi connectivity index (χ4v) is 5.41. The number of nitrogens with one attached hydrogen (secondary N) is 2. The van der Waals surface area contributed by atoms with Crippen molar-refractivity contribution in [3.8, 4) is 16.9 Å². The molecule has 194 valence electrons. The maximum absolute atomic E-state index is 14.3. The molecule has 7 nitrogen and oxygen atoms in total. The molecule has 2 aromatic carbocycles. The minimum atomic E-state index is -0.791. The minimum absolute atomic E-state index is 0.0617. The number of aromatic nitrogens is 2. The highest BCUT2D eigenvalue weighted by atomic mass is 35.5. The number of carbonyl (C=O) groups is 1. The fourth-order valence-electron chi connectivity index (χ4n) is 5.20. The minimum Gasteiger partial charge on any atom is -0.504 e. The molecule has 2 fully saturated rings. The van der Waals surface area contributed by atoms with E-state index in [4.69, 9.17) is 16.6 Å². The molecule has 38 heavy (non-hydrogen) atoms. The summed E-state index contributed by atoms with van der Waals surface area (Å²) in [6, 6.07) is 12.8. The number of phenolic OH excluding ortho intramolecular Hbond substituents is 1. The summed E-state index contributed by atoms with van der Waals surface area (Å²) < 4.78 is 14.3. The van der Waals surface area contributed by atoms with Gasteiger partial charge >= 0.3 is 0 Å². The van der Waals surface area contributed by atoms with E-state index < -0.39 is 17.0 Å². The molecule has 1 unspecified atom stereocenters. The molecule has 1 atom stereocenters. The topological polar surface area (TPSA) is 90.4 Å². The molecular formula is C29H27ClFN5O2. The largest absolute Gasteiger partial charge is 0.504 e. The van der Waals surface area contributed by atoms with Crippen LogP contribution in [0.2, 0.25) is 5.02 Å². The smallest absolute Gasteiger partial charge is 0.170 e. The second-order valence-corrected chi connectivity index (χ2v) is 10.5. The molecule has 0 amide bonds. The molecule has 2 aromatic heterocycles. The molecule has 4 aromatic rings. The number of carbonyl (C=O) groups excluding carboxylic acids is 1. The fraction of sp³-hybridized carbons (Fsp3) is 0.276. The van der Waals surface area contributed by atoms with Gasteiger partial charge in [-0.25, -0.2) is 9.37 Å². The van der Waals surface area contributed by atoms with Crippen LogP contribution in [0.3, 0.4) is 0 Å². The number of aldehydes is 1. The Kier molecular flexibility index (Phi) is 6.16. The van der Waals surface area contributed by atoms with Gasteiger partial charge in [-0.1, -0.05) is 17.7 Å². The number of benzene rings is 2. The summed E-state index contributed by atoms with van der Waals surface area (Å²) in [5.41, 5.74) is 3.78. The third-order valence-corrected chi connectivity index (χ3v) is 7.99. The Balaban J connectivity index is 1.41. The first-order chi connectivity index (χ1) is 18.4. The van der Waals surface area contributed by atoms with Crippen LogP contribution in [0.5, 0.6) is 5.75 Å². The Bertz CT molecular complexity index is 1520. The third kappa shape index (κ3) is 4.33. The quantitative estimate of drug-likeness (QED) is 0.269. The highest BCUT2D eigenvalue weighted by Crippen LogP contribution is 2.51. The summed E-state index contributed by atoms with van der Waals surface area (Å²) in [4.78, 5) is 23.7. The standard InChI is InChI=1S/C29H27ClFN5O2/c1-32-20-6-9-36(15-20)26-5-3-19(13-34-26)35-27-21-10-17(18-11-23(30)28(38)24(31)12-18)2-4-25(21)33-14-22(27)29(16-37)7-8-29/h2-5,10-14,16,20,32,38H,6-9,15H2,1H3,(H,33,35). The van der Waals surface area contributed by atoms with E-state index >= 15 is 0 Å². The number of fused-ring (bicyclic) bond motifs is 1. The van der Waals surface area contributed by atoms with Gasteiger partial charge in [0.1, 0.15) is 12.1 Å². The molecule has 2 aliphatic rings. The highest BCUT2D eigenvalue weighted by molar-refractivity contribution is 6.32. The van der Waals surface area contributed by atoms with Crippen LogP contribution in [0.15, 0.2) is 54.9 Å². The van der Waals surface area contributed by atoms with Gasteiger partial charge in [0.05, 0.1) is 33.5 Å². The van der Waals surface area contributed by atoms with Crippen LogP contribution in [0.4, 0.5) is 21.6 Å². The van der Waals surface area contributed by atoms with Gasteiger partial charge in [0.15, 0.2) is 11.6 Å². The van der Waals surface area contributed by atoms with E-state index in [0.29, 0.717) is 17.2 Å². The van der Waals surface area contributed by atoms with E-state index in [1.807, 2.05) is 37.4 Å². The predicted octanol–water partition coefficient (Wildman–Crippen LogP) is 5.57. The monoisotopic (exact) mass is 531 g/mol. The summed E-state index contributed by atoms with van der Waals surface area (Å²) in [6.07, 6.45) is 7.18. The number of rotatable bonds is 7. The van der Waals surface area contributed by atoms with E-state index in [-0.39, 0.29) is 5.02 Å². The summed E-state index contributed by atoms with van der Waals surface area (Å²) in [7, 11) is 1.98. The van der Waals surface area contributed by atoms with Gasteiger partial charge in [-0.05, 0) is 73.8 Å². The van der Waals surface area contributed by atoms with Crippen LogP contribution < -0.4 is 15.5 Å². The highest BCUT2D eigenvalue weighted by Gasteiger charge is 2.46. The maximum atomic E-state index is 14.3. The van der Waals surface area contributed by atoms with E-state index in [1.54, 1.807) is 12.4 Å². The van der Waals surface area contributed by atoms with Crippen molar-refractivity contribution in [2.24, 2.45) is 0 Å². The Morgan fingerprint density at radius 1 is 1.13 bits per heavy atom.